The van der Waals surface area contributed by atoms with Gasteiger partial charge in [-0.1, -0.05) is 6.42 Å². The molecule has 0 radical (unpaired) electrons. The summed E-state index contributed by atoms with van der Waals surface area (Å²) in [5.74, 6) is -1.40. The fourth-order valence-electron chi connectivity index (χ4n) is 4.11. The van der Waals surface area contributed by atoms with Gasteiger partial charge in [-0.15, -0.1) is 0 Å². The molecule has 1 aromatic carbocycles. The van der Waals surface area contributed by atoms with Gasteiger partial charge < -0.3 is 10.6 Å². The van der Waals surface area contributed by atoms with E-state index in [0.717, 1.165) is 36.6 Å². The number of carbonyl (C=O) groups excluding carboxylic acids is 4. The highest BCUT2D eigenvalue weighted by Gasteiger charge is 2.44. The molecule has 0 aliphatic carbocycles. The molecule has 2 atom stereocenters. The molecule has 0 aromatic heterocycles. The van der Waals surface area contributed by atoms with Crippen molar-refractivity contribution < 1.29 is 19.2 Å². The lowest BCUT2D eigenvalue weighted by Gasteiger charge is -2.27. The number of fused-ring (bicyclic) bond motifs is 1. The summed E-state index contributed by atoms with van der Waals surface area (Å²) < 4.78 is 0. The average Bonchev–Trinajstić information content (AvgIpc) is 2.86. The van der Waals surface area contributed by atoms with E-state index in [1.165, 1.54) is 12.8 Å². The van der Waals surface area contributed by atoms with Gasteiger partial charge in [-0.2, -0.15) is 0 Å². The van der Waals surface area contributed by atoms with E-state index in [4.69, 9.17) is 0 Å². The minimum atomic E-state index is -0.932. The Bertz CT molecular complexity index is 829. The Morgan fingerprint density at radius 2 is 1.86 bits per heavy atom. The van der Waals surface area contributed by atoms with Gasteiger partial charge in [-0.3, -0.25) is 29.4 Å². The quantitative estimate of drug-likeness (QED) is 0.666. The molecule has 3 heterocycles. The largest absolute Gasteiger partial charge is 0.385 e. The minimum Gasteiger partial charge on any atom is -0.385 e. The summed E-state index contributed by atoms with van der Waals surface area (Å²) in [6.45, 7) is 2.82. The molecule has 0 saturated carbocycles. The van der Waals surface area contributed by atoms with Crippen molar-refractivity contribution in [3.63, 3.8) is 0 Å². The number of nitrogens with zero attached hydrogens (tertiary/aromatic N) is 1. The second-order valence-electron chi connectivity index (χ2n) is 7.65. The summed E-state index contributed by atoms with van der Waals surface area (Å²) in [6, 6.07) is 4.18. The third kappa shape index (κ3) is 3.52. The van der Waals surface area contributed by atoms with E-state index >= 15 is 0 Å². The lowest BCUT2D eigenvalue weighted by molar-refractivity contribution is -0.136. The molecule has 4 rings (SSSR count). The molecule has 2 saturated heterocycles. The lowest BCUT2D eigenvalue weighted by atomic mass is 10.0. The Balaban J connectivity index is 1.47. The fraction of sp³-hybridized carbons (Fsp3) is 0.500. The molecule has 8 heteroatoms. The van der Waals surface area contributed by atoms with Crippen molar-refractivity contribution in [3.8, 4) is 0 Å². The molecule has 0 bridgehead atoms. The summed E-state index contributed by atoms with van der Waals surface area (Å²) in [4.78, 5) is 50.0. The van der Waals surface area contributed by atoms with Crippen molar-refractivity contribution in [1.29, 1.82) is 0 Å². The number of rotatable bonds is 4. The maximum absolute atomic E-state index is 12.8. The first-order valence-electron chi connectivity index (χ1n) is 9.85. The van der Waals surface area contributed by atoms with Gasteiger partial charge in [-0.05, 0) is 56.5 Å². The topological polar surface area (TPSA) is 108 Å². The maximum atomic E-state index is 12.8. The van der Waals surface area contributed by atoms with E-state index in [2.05, 4.69) is 16.0 Å². The third-order valence-electron chi connectivity index (χ3n) is 5.68. The van der Waals surface area contributed by atoms with Gasteiger partial charge >= 0.3 is 0 Å². The molecule has 2 fully saturated rings. The Labute approximate surface area is 163 Å². The van der Waals surface area contributed by atoms with Crippen LogP contribution in [0.15, 0.2) is 18.2 Å². The van der Waals surface area contributed by atoms with Crippen LogP contribution in [0.5, 0.6) is 0 Å². The number of amides is 4. The van der Waals surface area contributed by atoms with Gasteiger partial charge in [0.1, 0.15) is 6.04 Å². The first-order chi connectivity index (χ1) is 13.5. The Hall–Kier alpha value is -2.74. The number of imide groups is 2. The zero-order valence-electron chi connectivity index (χ0n) is 15.6. The minimum absolute atomic E-state index is 0.117. The van der Waals surface area contributed by atoms with Crippen LogP contribution in [-0.2, 0) is 9.59 Å². The molecular formula is C20H24N4O4. The van der Waals surface area contributed by atoms with E-state index < -0.39 is 23.8 Å². The van der Waals surface area contributed by atoms with Gasteiger partial charge in [0.25, 0.3) is 11.8 Å². The standard InChI is InChI=1S/C20H24N4O4/c25-17-7-6-16(18(26)23-17)24-19(27)14-5-4-13(9-15(14)20(24)28)22-11-12-3-1-2-8-21-10-12/h4-5,9,12,16,21-22H,1-3,6-8,10-11H2,(H,23,25,26). The molecule has 0 spiro atoms. The first kappa shape index (κ1) is 18.6. The van der Waals surface area contributed by atoms with Crippen molar-refractivity contribution in [2.45, 2.75) is 38.1 Å². The predicted octanol–water partition coefficient (Wildman–Crippen LogP) is 0.889. The number of nitrogens with one attached hydrogen (secondary N) is 3. The molecule has 3 aliphatic rings. The van der Waals surface area contributed by atoms with Crippen LogP contribution in [0.3, 0.4) is 0 Å². The van der Waals surface area contributed by atoms with E-state index in [1.807, 2.05) is 0 Å². The summed E-state index contributed by atoms with van der Waals surface area (Å²) in [7, 11) is 0. The van der Waals surface area contributed by atoms with Gasteiger partial charge in [0, 0.05) is 18.7 Å². The van der Waals surface area contributed by atoms with Crippen LogP contribution in [0.25, 0.3) is 0 Å². The highest BCUT2D eigenvalue weighted by Crippen LogP contribution is 2.29. The Morgan fingerprint density at radius 1 is 1.04 bits per heavy atom. The van der Waals surface area contributed by atoms with Crippen LogP contribution in [0.1, 0.15) is 52.8 Å². The van der Waals surface area contributed by atoms with Gasteiger partial charge in [0.05, 0.1) is 11.1 Å². The van der Waals surface area contributed by atoms with Crippen LogP contribution in [0.2, 0.25) is 0 Å². The maximum Gasteiger partial charge on any atom is 0.262 e. The monoisotopic (exact) mass is 384 g/mol. The summed E-state index contributed by atoms with van der Waals surface area (Å²) in [6.07, 6.45) is 3.84. The molecule has 4 amide bonds. The summed E-state index contributed by atoms with van der Waals surface area (Å²) in [5, 5.41) is 9.01. The van der Waals surface area contributed by atoms with Crippen LogP contribution < -0.4 is 16.0 Å². The molecule has 3 aliphatic heterocycles. The number of anilines is 1. The van der Waals surface area contributed by atoms with Crippen LogP contribution >= 0.6 is 0 Å². The average molecular weight is 384 g/mol. The number of benzene rings is 1. The number of carbonyl (C=O) groups is 4. The zero-order valence-corrected chi connectivity index (χ0v) is 15.6. The van der Waals surface area contributed by atoms with Gasteiger partial charge in [-0.25, -0.2) is 0 Å². The highest BCUT2D eigenvalue weighted by molar-refractivity contribution is 6.23. The number of piperidine rings is 1. The smallest absolute Gasteiger partial charge is 0.262 e. The third-order valence-corrected chi connectivity index (χ3v) is 5.68. The molecule has 148 valence electrons. The highest BCUT2D eigenvalue weighted by atomic mass is 16.2. The molecule has 8 nitrogen and oxygen atoms in total. The Morgan fingerprint density at radius 3 is 2.68 bits per heavy atom. The Kier molecular flexibility index (Phi) is 5.13. The molecule has 2 unspecified atom stereocenters. The van der Waals surface area contributed by atoms with E-state index in [0.29, 0.717) is 17.0 Å². The second kappa shape index (κ2) is 7.71. The number of hydrogen-bond acceptors (Lipinski definition) is 6. The van der Waals surface area contributed by atoms with E-state index in [9.17, 15) is 19.2 Å². The van der Waals surface area contributed by atoms with Crippen LogP contribution in [0.4, 0.5) is 5.69 Å². The van der Waals surface area contributed by atoms with Crippen molar-refractivity contribution in [1.82, 2.24) is 15.5 Å². The van der Waals surface area contributed by atoms with Crippen molar-refractivity contribution in [3.05, 3.63) is 29.3 Å². The van der Waals surface area contributed by atoms with Crippen molar-refractivity contribution in [2.75, 3.05) is 25.0 Å². The molecule has 28 heavy (non-hydrogen) atoms. The van der Waals surface area contributed by atoms with E-state index in [-0.39, 0.29) is 18.7 Å². The second-order valence-corrected chi connectivity index (χ2v) is 7.65. The van der Waals surface area contributed by atoms with Crippen LogP contribution in [-0.4, -0.2) is 54.2 Å². The fourth-order valence-corrected chi connectivity index (χ4v) is 4.11. The SMILES string of the molecule is O=C1CCC(N2C(=O)c3ccc(NCC4CCCCNC4)cc3C2=O)C(=O)N1. The molecule has 1 aromatic rings. The molecular weight excluding hydrogens is 360 g/mol. The van der Waals surface area contributed by atoms with Crippen molar-refractivity contribution >= 4 is 29.3 Å². The van der Waals surface area contributed by atoms with Crippen molar-refractivity contribution in [2.24, 2.45) is 5.92 Å². The molecule has 3 N–H and O–H groups in total. The summed E-state index contributed by atoms with van der Waals surface area (Å²) in [5.41, 5.74) is 1.39. The normalized spacial score (nSPS) is 25.4. The zero-order chi connectivity index (χ0) is 19.7. The first-order valence-corrected chi connectivity index (χ1v) is 9.85. The van der Waals surface area contributed by atoms with E-state index in [1.54, 1.807) is 18.2 Å². The number of hydrogen-bond donors (Lipinski definition) is 3. The van der Waals surface area contributed by atoms with Gasteiger partial charge in [0.15, 0.2) is 0 Å². The lowest BCUT2D eigenvalue weighted by Crippen LogP contribution is -2.54. The predicted molar refractivity (Wildman–Crippen MR) is 102 cm³/mol. The van der Waals surface area contributed by atoms with Crippen LogP contribution in [0, 0.1) is 5.92 Å². The summed E-state index contributed by atoms with van der Waals surface area (Å²) >= 11 is 0. The van der Waals surface area contributed by atoms with Gasteiger partial charge in [0.2, 0.25) is 11.8 Å².